The van der Waals surface area contributed by atoms with Crippen molar-refractivity contribution < 1.29 is 14.3 Å². The minimum absolute atomic E-state index is 0.0258. The molecule has 0 spiro atoms. The van der Waals surface area contributed by atoms with E-state index in [9.17, 15) is 9.59 Å². The van der Waals surface area contributed by atoms with E-state index >= 15 is 0 Å². The van der Waals surface area contributed by atoms with Gasteiger partial charge in [-0.25, -0.2) is 0 Å². The summed E-state index contributed by atoms with van der Waals surface area (Å²) in [5, 5.41) is 5.45. The van der Waals surface area contributed by atoms with Gasteiger partial charge in [0.25, 0.3) is 0 Å². The zero-order valence-corrected chi connectivity index (χ0v) is 14.7. The number of carbonyl (C=O) groups excluding carboxylic acids is 2. The van der Waals surface area contributed by atoms with Gasteiger partial charge in [0, 0.05) is 18.6 Å². The van der Waals surface area contributed by atoms with Gasteiger partial charge in [-0.2, -0.15) is 0 Å². The van der Waals surface area contributed by atoms with Gasteiger partial charge >= 0.3 is 0 Å². The topological polar surface area (TPSA) is 70.7 Å². The zero-order valence-electron chi connectivity index (χ0n) is 14.7. The minimum atomic E-state index is -0.161. The molecule has 1 saturated carbocycles. The highest BCUT2D eigenvalue weighted by Crippen LogP contribution is 2.28. The van der Waals surface area contributed by atoms with E-state index in [1.165, 1.54) is 0 Å². The molecule has 1 aliphatic rings. The van der Waals surface area contributed by atoms with E-state index in [0.717, 1.165) is 30.7 Å². The molecule has 0 atom stereocenters. The van der Waals surface area contributed by atoms with Crippen LogP contribution >= 0.6 is 0 Å². The second-order valence-corrected chi connectivity index (χ2v) is 6.48. The molecule has 1 aromatic carbocycles. The van der Waals surface area contributed by atoms with Crippen molar-refractivity contribution in [2.75, 3.05) is 20.2 Å². The fourth-order valence-electron chi connectivity index (χ4n) is 2.51. The summed E-state index contributed by atoms with van der Waals surface area (Å²) in [6, 6.07) is 8.42. The molecule has 1 aliphatic carbocycles. The second-order valence-electron chi connectivity index (χ2n) is 6.48. The highest BCUT2D eigenvalue weighted by Gasteiger charge is 2.30. The summed E-state index contributed by atoms with van der Waals surface area (Å²) in [5.74, 6) is 0.548. The van der Waals surface area contributed by atoms with Crippen LogP contribution < -0.4 is 15.4 Å². The third-order valence-corrected chi connectivity index (χ3v) is 3.85. The average molecular weight is 333 g/mol. The van der Waals surface area contributed by atoms with E-state index in [1.54, 1.807) is 7.11 Å². The Labute approximate surface area is 143 Å². The van der Waals surface area contributed by atoms with Gasteiger partial charge in [0.15, 0.2) is 0 Å². The molecular weight excluding hydrogens is 306 g/mol. The summed E-state index contributed by atoms with van der Waals surface area (Å²) < 4.78 is 5.16. The van der Waals surface area contributed by atoms with E-state index in [-0.39, 0.29) is 24.4 Å². The second kappa shape index (κ2) is 8.68. The van der Waals surface area contributed by atoms with Gasteiger partial charge in [0.05, 0.1) is 20.2 Å². The molecule has 24 heavy (non-hydrogen) atoms. The molecule has 6 nitrogen and oxygen atoms in total. The Kier molecular flexibility index (Phi) is 6.61. The highest BCUT2D eigenvalue weighted by molar-refractivity contribution is 5.85. The largest absolute Gasteiger partial charge is 0.497 e. The number of benzene rings is 1. The highest BCUT2D eigenvalue weighted by atomic mass is 16.5. The van der Waals surface area contributed by atoms with E-state index in [1.807, 2.05) is 38.1 Å². The fourth-order valence-corrected chi connectivity index (χ4v) is 2.51. The Bertz CT molecular complexity index is 553. The SMILES string of the molecule is COc1ccc(CN(CC(=O)NCC(=O)NC(C)C)C2CC2)cc1. The van der Waals surface area contributed by atoms with Crippen LogP contribution in [0.2, 0.25) is 0 Å². The molecule has 0 aromatic heterocycles. The van der Waals surface area contributed by atoms with Crippen LogP contribution in [0.25, 0.3) is 0 Å². The van der Waals surface area contributed by atoms with Crippen molar-refractivity contribution in [2.45, 2.75) is 45.3 Å². The number of hydrogen-bond donors (Lipinski definition) is 2. The van der Waals surface area contributed by atoms with Crippen LogP contribution in [0.15, 0.2) is 24.3 Å². The van der Waals surface area contributed by atoms with Crippen molar-refractivity contribution in [1.29, 1.82) is 0 Å². The Morgan fingerprint density at radius 3 is 2.42 bits per heavy atom. The summed E-state index contributed by atoms with van der Waals surface area (Å²) in [5.41, 5.74) is 1.15. The first kappa shape index (κ1) is 18.3. The Balaban J connectivity index is 1.82. The van der Waals surface area contributed by atoms with Gasteiger partial charge in [-0.05, 0) is 44.4 Å². The summed E-state index contributed by atoms with van der Waals surface area (Å²) in [4.78, 5) is 25.9. The van der Waals surface area contributed by atoms with Gasteiger partial charge in [-0.15, -0.1) is 0 Å². The van der Waals surface area contributed by atoms with Crippen LogP contribution in [-0.4, -0.2) is 49.0 Å². The monoisotopic (exact) mass is 333 g/mol. The van der Waals surface area contributed by atoms with Crippen molar-refractivity contribution in [3.63, 3.8) is 0 Å². The van der Waals surface area contributed by atoms with Crippen LogP contribution in [0.4, 0.5) is 0 Å². The first-order valence-corrected chi connectivity index (χ1v) is 8.41. The number of amides is 2. The Morgan fingerprint density at radius 2 is 1.88 bits per heavy atom. The number of methoxy groups -OCH3 is 1. The number of carbonyl (C=O) groups is 2. The van der Waals surface area contributed by atoms with E-state index < -0.39 is 0 Å². The smallest absolute Gasteiger partial charge is 0.239 e. The van der Waals surface area contributed by atoms with Crippen molar-refractivity contribution in [3.8, 4) is 5.75 Å². The van der Waals surface area contributed by atoms with Gasteiger partial charge in [-0.1, -0.05) is 12.1 Å². The van der Waals surface area contributed by atoms with Crippen molar-refractivity contribution in [2.24, 2.45) is 0 Å². The Hall–Kier alpha value is -2.08. The van der Waals surface area contributed by atoms with Crippen LogP contribution in [0, 0.1) is 0 Å². The standard InChI is InChI=1S/C18H27N3O3/c1-13(2)20-17(22)10-19-18(23)12-21(15-6-7-15)11-14-4-8-16(24-3)9-5-14/h4-5,8-9,13,15H,6-7,10-12H2,1-3H3,(H,19,23)(H,20,22). The number of hydrogen-bond acceptors (Lipinski definition) is 4. The Morgan fingerprint density at radius 1 is 1.21 bits per heavy atom. The summed E-state index contributed by atoms with van der Waals surface area (Å²) in [6.07, 6.45) is 2.24. The fraction of sp³-hybridized carbons (Fsp3) is 0.556. The van der Waals surface area contributed by atoms with Crippen LogP contribution in [0.1, 0.15) is 32.3 Å². The minimum Gasteiger partial charge on any atom is -0.497 e. The van der Waals surface area contributed by atoms with Gasteiger partial charge < -0.3 is 15.4 Å². The molecule has 0 bridgehead atoms. The number of ether oxygens (including phenoxy) is 1. The normalized spacial score (nSPS) is 13.9. The molecule has 2 amide bonds. The maximum atomic E-state index is 12.1. The van der Waals surface area contributed by atoms with Crippen molar-refractivity contribution >= 4 is 11.8 Å². The number of nitrogens with one attached hydrogen (secondary N) is 2. The number of rotatable bonds is 9. The van der Waals surface area contributed by atoms with Crippen LogP contribution in [0.5, 0.6) is 5.75 Å². The lowest BCUT2D eigenvalue weighted by Crippen LogP contribution is -2.43. The van der Waals surface area contributed by atoms with Crippen LogP contribution in [0.3, 0.4) is 0 Å². The molecule has 2 N–H and O–H groups in total. The van der Waals surface area contributed by atoms with Crippen molar-refractivity contribution in [3.05, 3.63) is 29.8 Å². The number of nitrogens with zero attached hydrogens (tertiary/aromatic N) is 1. The quantitative estimate of drug-likeness (QED) is 0.715. The van der Waals surface area contributed by atoms with Gasteiger partial charge in [0.1, 0.15) is 5.75 Å². The predicted octanol–water partition coefficient (Wildman–Crippen LogP) is 1.30. The molecule has 0 saturated heterocycles. The van der Waals surface area contributed by atoms with E-state index in [4.69, 9.17) is 4.74 Å². The van der Waals surface area contributed by atoms with Crippen molar-refractivity contribution in [1.82, 2.24) is 15.5 Å². The molecular formula is C18H27N3O3. The third kappa shape index (κ3) is 6.20. The van der Waals surface area contributed by atoms with Gasteiger partial charge in [-0.3, -0.25) is 14.5 Å². The first-order chi connectivity index (χ1) is 11.5. The molecule has 0 radical (unpaired) electrons. The summed E-state index contributed by atoms with van der Waals surface area (Å²) >= 11 is 0. The maximum Gasteiger partial charge on any atom is 0.239 e. The predicted molar refractivity (Wildman–Crippen MR) is 92.7 cm³/mol. The maximum absolute atomic E-state index is 12.1. The summed E-state index contributed by atoms with van der Waals surface area (Å²) in [6.45, 7) is 4.84. The average Bonchev–Trinajstić information content (AvgIpc) is 3.37. The van der Waals surface area contributed by atoms with Crippen LogP contribution in [-0.2, 0) is 16.1 Å². The lowest BCUT2D eigenvalue weighted by atomic mass is 10.2. The molecule has 1 aromatic rings. The molecule has 0 heterocycles. The molecule has 0 aliphatic heterocycles. The lowest BCUT2D eigenvalue weighted by molar-refractivity contribution is -0.127. The van der Waals surface area contributed by atoms with E-state index in [0.29, 0.717) is 12.6 Å². The molecule has 6 heteroatoms. The van der Waals surface area contributed by atoms with Gasteiger partial charge in [0.2, 0.25) is 11.8 Å². The molecule has 0 unspecified atom stereocenters. The zero-order chi connectivity index (χ0) is 17.5. The molecule has 1 fully saturated rings. The third-order valence-electron chi connectivity index (χ3n) is 3.85. The first-order valence-electron chi connectivity index (χ1n) is 8.41. The summed E-state index contributed by atoms with van der Waals surface area (Å²) in [7, 11) is 1.64. The van der Waals surface area contributed by atoms with E-state index in [2.05, 4.69) is 15.5 Å². The molecule has 2 rings (SSSR count). The lowest BCUT2D eigenvalue weighted by Gasteiger charge is -2.21. The molecule has 132 valence electrons.